The Hall–Kier alpha value is -1.68. The molecule has 0 amide bonds. The average Bonchev–Trinajstić information content (AvgIpc) is 2.79. The zero-order valence-corrected chi connectivity index (χ0v) is 10.1. The van der Waals surface area contributed by atoms with Crippen molar-refractivity contribution < 1.29 is 0 Å². The molecule has 0 saturated carbocycles. The number of hydrogen-bond donors (Lipinski definition) is 0. The van der Waals surface area contributed by atoms with Gasteiger partial charge in [-0.3, -0.25) is 4.90 Å². The number of hydrogen-bond acceptors (Lipinski definition) is 3. The van der Waals surface area contributed by atoms with Crippen LogP contribution in [0.2, 0.25) is 0 Å². The highest BCUT2D eigenvalue weighted by Gasteiger charge is 2.31. The van der Waals surface area contributed by atoms with Crippen molar-refractivity contribution in [1.82, 2.24) is 19.9 Å². The van der Waals surface area contributed by atoms with Gasteiger partial charge in [0.15, 0.2) is 0 Å². The van der Waals surface area contributed by atoms with Crippen molar-refractivity contribution in [3.05, 3.63) is 47.8 Å². The lowest BCUT2D eigenvalue weighted by Crippen LogP contribution is -2.43. The van der Waals surface area contributed by atoms with Gasteiger partial charge in [0.1, 0.15) is 0 Å². The molecule has 3 rings (SSSR count). The lowest BCUT2D eigenvalue weighted by Gasteiger charge is -2.37. The van der Waals surface area contributed by atoms with Gasteiger partial charge in [0.25, 0.3) is 0 Å². The first-order valence-electron chi connectivity index (χ1n) is 5.91. The molecule has 0 spiro atoms. The Balaban J connectivity index is 2.10. The summed E-state index contributed by atoms with van der Waals surface area (Å²) in [7, 11) is 2.15. The molecule has 2 heterocycles. The molecule has 1 aromatic heterocycles. The number of fused-ring (bicyclic) bond motifs is 1. The molecule has 0 bridgehead atoms. The molecule has 1 aromatic carbocycles. The molecule has 0 unspecified atom stereocenters. The predicted octanol–water partition coefficient (Wildman–Crippen LogP) is 1.70. The summed E-state index contributed by atoms with van der Waals surface area (Å²) in [6, 6.07) is 11.2. The summed E-state index contributed by atoms with van der Waals surface area (Å²) >= 11 is 0. The molecule has 0 saturated heterocycles. The minimum absolute atomic E-state index is 0.257. The summed E-state index contributed by atoms with van der Waals surface area (Å²) in [6.07, 6.45) is 1.86. The summed E-state index contributed by atoms with van der Waals surface area (Å²) in [5.74, 6) is 0. The van der Waals surface area contributed by atoms with Crippen LogP contribution in [0.15, 0.2) is 36.5 Å². The molecule has 0 fully saturated rings. The molecular formula is C13H16N4. The summed E-state index contributed by atoms with van der Waals surface area (Å²) in [5, 5.41) is 8.27. The van der Waals surface area contributed by atoms with Crippen LogP contribution in [0.25, 0.3) is 0 Å². The van der Waals surface area contributed by atoms with Crippen LogP contribution < -0.4 is 0 Å². The van der Waals surface area contributed by atoms with Crippen LogP contribution in [0.3, 0.4) is 0 Å². The van der Waals surface area contributed by atoms with Gasteiger partial charge >= 0.3 is 0 Å². The van der Waals surface area contributed by atoms with Crippen molar-refractivity contribution in [2.45, 2.75) is 25.6 Å². The van der Waals surface area contributed by atoms with Crippen molar-refractivity contribution in [2.24, 2.45) is 0 Å². The lowest BCUT2D eigenvalue weighted by molar-refractivity contribution is 0.155. The third-order valence-corrected chi connectivity index (χ3v) is 3.62. The first-order valence-corrected chi connectivity index (χ1v) is 5.91. The largest absolute Gasteiger partial charge is 0.295 e. The van der Waals surface area contributed by atoms with Gasteiger partial charge in [0.2, 0.25) is 0 Å². The fourth-order valence-electron chi connectivity index (χ4n) is 2.53. The molecule has 2 aromatic rings. The summed E-state index contributed by atoms with van der Waals surface area (Å²) < 4.78 is 2.06. The maximum absolute atomic E-state index is 4.24. The van der Waals surface area contributed by atoms with E-state index in [2.05, 4.69) is 58.1 Å². The highest BCUT2D eigenvalue weighted by Crippen LogP contribution is 2.30. The van der Waals surface area contributed by atoms with Crippen LogP contribution >= 0.6 is 0 Å². The quantitative estimate of drug-likeness (QED) is 0.745. The molecular weight excluding hydrogens is 212 g/mol. The Morgan fingerprint density at radius 1 is 1.24 bits per heavy atom. The van der Waals surface area contributed by atoms with Crippen LogP contribution in [0, 0.1) is 0 Å². The molecule has 0 radical (unpaired) electrons. The van der Waals surface area contributed by atoms with E-state index in [1.54, 1.807) is 0 Å². The number of aromatic nitrogens is 3. The van der Waals surface area contributed by atoms with E-state index in [-0.39, 0.29) is 6.04 Å². The van der Waals surface area contributed by atoms with E-state index >= 15 is 0 Å². The van der Waals surface area contributed by atoms with Crippen LogP contribution in [0.5, 0.6) is 0 Å². The molecule has 4 heteroatoms. The topological polar surface area (TPSA) is 34.0 Å². The fraction of sp³-hybridized carbons (Fsp3) is 0.385. The van der Waals surface area contributed by atoms with Gasteiger partial charge in [-0.05, 0) is 19.5 Å². The summed E-state index contributed by atoms with van der Waals surface area (Å²) in [4.78, 5) is 2.34. The van der Waals surface area contributed by atoms with Crippen LogP contribution in [0.4, 0.5) is 0 Å². The van der Waals surface area contributed by atoms with Gasteiger partial charge in [0.05, 0.1) is 17.9 Å². The first-order chi connectivity index (χ1) is 8.27. The van der Waals surface area contributed by atoms with Gasteiger partial charge in [-0.25, -0.2) is 4.68 Å². The minimum atomic E-state index is 0.257. The third-order valence-electron chi connectivity index (χ3n) is 3.62. The van der Waals surface area contributed by atoms with Gasteiger partial charge < -0.3 is 0 Å². The fourth-order valence-corrected chi connectivity index (χ4v) is 2.53. The van der Waals surface area contributed by atoms with E-state index in [1.807, 2.05) is 12.3 Å². The average molecular weight is 228 g/mol. The van der Waals surface area contributed by atoms with E-state index in [1.165, 1.54) is 11.3 Å². The predicted molar refractivity (Wildman–Crippen MR) is 65.5 cm³/mol. The summed E-state index contributed by atoms with van der Waals surface area (Å²) in [6.45, 7) is 3.15. The van der Waals surface area contributed by atoms with Crippen molar-refractivity contribution in [3.63, 3.8) is 0 Å². The zero-order chi connectivity index (χ0) is 11.8. The Kier molecular flexibility index (Phi) is 2.44. The number of nitrogens with zero attached hydrogens (tertiary/aromatic N) is 4. The van der Waals surface area contributed by atoms with E-state index in [4.69, 9.17) is 0 Å². The van der Waals surface area contributed by atoms with E-state index in [0.717, 1.165) is 6.54 Å². The maximum atomic E-state index is 4.24. The smallest absolute Gasteiger partial charge is 0.0942 e. The molecule has 1 aliphatic heterocycles. The number of rotatable bonds is 1. The van der Waals surface area contributed by atoms with E-state index < -0.39 is 0 Å². The normalized spacial score (nSPS) is 24.6. The Morgan fingerprint density at radius 3 is 2.76 bits per heavy atom. The molecule has 17 heavy (non-hydrogen) atoms. The molecule has 0 aliphatic carbocycles. The standard InChI is InChI=1S/C13H16N4/c1-10-13(11-6-4-3-5-7-11)17-12(8-14-15-17)9-16(10)2/h3-8,10,13H,9H2,1-2H3/t10-,13+/m0/s1. The van der Waals surface area contributed by atoms with Gasteiger partial charge in [-0.1, -0.05) is 35.5 Å². The second-order valence-electron chi connectivity index (χ2n) is 4.68. The third kappa shape index (κ3) is 1.65. The van der Waals surface area contributed by atoms with Crippen molar-refractivity contribution in [3.8, 4) is 0 Å². The molecule has 88 valence electrons. The van der Waals surface area contributed by atoms with E-state index in [9.17, 15) is 0 Å². The molecule has 0 N–H and O–H groups in total. The van der Waals surface area contributed by atoms with Crippen molar-refractivity contribution in [2.75, 3.05) is 7.05 Å². The lowest BCUT2D eigenvalue weighted by atomic mass is 9.97. The molecule has 4 nitrogen and oxygen atoms in total. The van der Waals surface area contributed by atoms with Gasteiger partial charge in [0, 0.05) is 12.6 Å². The summed E-state index contributed by atoms with van der Waals surface area (Å²) in [5.41, 5.74) is 2.47. The second-order valence-corrected chi connectivity index (χ2v) is 4.68. The molecule has 1 aliphatic rings. The SMILES string of the molecule is C[C@H]1[C@H](c2ccccc2)n2nncc2CN1C. The van der Waals surface area contributed by atoms with Gasteiger partial charge in [-0.2, -0.15) is 0 Å². The van der Waals surface area contributed by atoms with Gasteiger partial charge in [-0.15, -0.1) is 5.10 Å². The van der Waals surface area contributed by atoms with Crippen molar-refractivity contribution >= 4 is 0 Å². The first kappa shape index (κ1) is 10.5. The minimum Gasteiger partial charge on any atom is -0.295 e. The zero-order valence-electron chi connectivity index (χ0n) is 10.1. The number of benzene rings is 1. The maximum Gasteiger partial charge on any atom is 0.0942 e. The Bertz CT molecular complexity index is 505. The second kappa shape index (κ2) is 3.96. The van der Waals surface area contributed by atoms with Crippen LogP contribution in [-0.4, -0.2) is 33.0 Å². The van der Waals surface area contributed by atoms with Crippen LogP contribution in [-0.2, 0) is 6.54 Å². The number of likely N-dealkylation sites (N-methyl/N-ethyl adjacent to an activating group) is 1. The van der Waals surface area contributed by atoms with Crippen molar-refractivity contribution in [1.29, 1.82) is 0 Å². The highest BCUT2D eigenvalue weighted by molar-refractivity contribution is 5.23. The Labute approximate surface area is 101 Å². The Morgan fingerprint density at radius 2 is 2.00 bits per heavy atom. The monoisotopic (exact) mass is 228 g/mol. The van der Waals surface area contributed by atoms with Crippen LogP contribution in [0.1, 0.15) is 24.2 Å². The highest BCUT2D eigenvalue weighted by atomic mass is 15.5. The molecule has 2 atom stereocenters. The van der Waals surface area contributed by atoms with E-state index in [0.29, 0.717) is 6.04 Å².